The fraction of sp³-hybridized carbons (Fsp3) is 0.100. The zero-order chi connectivity index (χ0) is 22.2. The van der Waals surface area contributed by atoms with Crippen LogP contribution in [-0.4, -0.2) is 47.7 Å². The highest BCUT2D eigenvalue weighted by atomic mass is 35.5. The Labute approximate surface area is 187 Å². The molecule has 0 bridgehead atoms. The Morgan fingerprint density at radius 2 is 1.81 bits per heavy atom. The Morgan fingerprint density at radius 1 is 1.06 bits per heavy atom. The van der Waals surface area contributed by atoms with Crippen LogP contribution < -0.4 is 0 Å². The van der Waals surface area contributed by atoms with Crippen molar-refractivity contribution in [1.29, 1.82) is 0 Å². The molecule has 0 amide bonds. The molecule has 31 heavy (non-hydrogen) atoms. The first-order chi connectivity index (χ1) is 14.8. The van der Waals surface area contributed by atoms with E-state index in [0.717, 1.165) is 6.26 Å². The van der Waals surface area contributed by atoms with Gasteiger partial charge in [-0.3, -0.25) is 0 Å². The lowest BCUT2D eigenvalue weighted by Crippen LogP contribution is -2.04. The summed E-state index contributed by atoms with van der Waals surface area (Å²) < 4.78 is 30.0. The van der Waals surface area contributed by atoms with E-state index in [2.05, 4.69) is 15.3 Å². The van der Waals surface area contributed by atoms with E-state index in [9.17, 15) is 13.2 Å². The van der Waals surface area contributed by atoms with E-state index in [1.807, 2.05) is 0 Å². The minimum Gasteiger partial charge on any atom is -0.464 e. The smallest absolute Gasteiger partial charge is 0.358 e. The highest BCUT2D eigenvalue weighted by Crippen LogP contribution is 2.33. The van der Waals surface area contributed by atoms with Gasteiger partial charge in [0.1, 0.15) is 10.7 Å². The van der Waals surface area contributed by atoms with Gasteiger partial charge in [0.05, 0.1) is 22.7 Å². The van der Waals surface area contributed by atoms with Crippen LogP contribution in [0.2, 0.25) is 5.02 Å². The number of para-hydroxylation sites is 1. The van der Waals surface area contributed by atoms with Gasteiger partial charge in [0.2, 0.25) is 0 Å². The number of methoxy groups -OCH3 is 1. The molecule has 0 aliphatic rings. The van der Waals surface area contributed by atoms with Crippen molar-refractivity contribution in [2.45, 2.75) is 4.90 Å². The number of sulfone groups is 1. The van der Waals surface area contributed by atoms with E-state index >= 15 is 0 Å². The monoisotopic (exact) mass is 474 g/mol. The van der Waals surface area contributed by atoms with Gasteiger partial charge in [-0.2, -0.15) is 5.10 Å². The first-order valence-corrected chi connectivity index (χ1v) is 11.9. The summed E-state index contributed by atoms with van der Waals surface area (Å²) in [7, 11) is -2.09. The van der Waals surface area contributed by atoms with Gasteiger partial charge in [-0.25, -0.2) is 17.9 Å². The van der Waals surface area contributed by atoms with Crippen LogP contribution in [0, 0.1) is 0 Å². The molecule has 4 aromatic rings. The maximum absolute atomic E-state index is 12.1. The molecule has 2 aromatic heterocycles. The Morgan fingerprint density at radius 3 is 2.52 bits per heavy atom. The van der Waals surface area contributed by atoms with E-state index in [1.165, 1.54) is 29.2 Å². The minimum atomic E-state index is -3.36. The molecule has 0 N–H and O–H groups in total. The number of halogens is 1. The second-order valence-corrected chi connectivity index (χ2v) is 9.88. The molecule has 0 spiro atoms. The highest BCUT2D eigenvalue weighted by Gasteiger charge is 2.21. The number of benzene rings is 2. The molecular formula is C20H15ClN4O4S2. The summed E-state index contributed by atoms with van der Waals surface area (Å²) in [6.07, 6.45) is 1.15. The van der Waals surface area contributed by atoms with E-state index in [-0.39, 0.29) is 10.6 Å². The summed E-state index contributed by atoms with van der Waals surface area (Å²) in [5.41, 5.74) is 1.76. The third-order valence-corrected chi connectivity index (χ3v) is 6.76. The molecule has 0 saturated carbocycles. The van der Waals surface area contributed by atoms with E-state index in [4.69, 9.17) is 16.3 Å². The van der Waals surface area contributed by atoms with Crippen molar-refractivity contribution < 1.29 is 17.9 Å². The molecule has 0 fully saturated rings. The fourth-order valence-electron chi connectivity index (χ4n) is 2.85. The molecule has 0 aliphatic heterocycles. The first-order valence-electron chi connectivity index (χ1n) is 8.85. The Balaban J connectivity index is 1.83. The van der Waals surface area contributed by atoms with Gasteiger partial charge >= 0.3 is 5.97 Å². The summed E-state index contributed by atoms with van der Waals surface area (Å²) in [5.74, 6) is -0.599. The van der Waals surface area contributed by atoms with Crippen LogP contribution in [0.1, 0.15) is 10.5 Å². The van der Waals surface area contributed by atoms with Crippen molar-refractivity contribution >= 4 is 38.7 Å². The predicted octanol–water partition coefficient (Wildman–Crippen LogP) is 3.90. The number of esters is 1. The number of carbonyl (C=O) groups is 1. The van der Waals surface area contributed by atoms with Crippen molar-refractivity contribution in [3.63, 3.8) is 0 Å². The van der Waals surface area contributed by atoms with Crippen LogP contribution in [-0.2, 0) is 14.6 Å². The van der Waals surface area contributed by atoms with Crippen LogP contribution in [0.25, 0.3) is 27.0 Å². The topological polar surface area (TPSA) is 104 Å². The lowest BCUT2D eigenvalue weighted by Gasteiger charge is -2.06. The van der Waals surface area contributed by atoms with Gasteiger partial charge in [-0.1, -0.05) is 47.2 Å². The van der Waals surface area contributed by atoms with Crippen molar-refractivity contribution in [2.75, 3.05) is 13.4 Å². The van der Waals surface area contributed by atoms with E-state index < -0.39 is 15.8 Å². The molecular weight excluding hydrogens is 460 g/mol. The fourth-order valence-corrected chi connectivity index (χ4v) is 4.57. The Kier molecular flexibility index (Phi) is 5.61. The van der Waals surface area contributed by atoms with Crippen molar-refractivity contribution in [2.24, 2.45) is 0 Å². The molecule has 0 radical (unpaired) electrons. The molecule has 0 aliphatic carbocycles. The largest absolute Gasteiger partial charge is 0.464 e. The summed E-state index contributed by atoms with van der Waals surface area (Å²) in [4.78, 5) is 12.3. The van der Waals surface area contributed by atoms with Gasteiger partial charge in [0.25, 0.3) is 0 Å². The van der Waals surface area contributed by atoms with Gasteiger partial charge in [-0.15, -0.1) is 10.2 Å². The minimum absolute atomic E-state index is 0.0910. The van der Waals surface area contributed by atoms with Crippen LogP contribution in [0.15, 0.2) is 59.5 Å². The quantitative estimate of drug-likeness (QED) is 0.404. The third kappa shape index (κ3) is 4.22. The summed E-state index contributed by atoms with van der Waals surface area (Å²) in [5, 5.41) is 14.2. The van der Waals surface area contributed by atoms with Gasteiger partial charge in [0, 0.05) is 17.9 Å². The predicted molar refractivity (Wildman–Crippen MR) is 117 cm³/mol. The SMILES string of the molecule is COC(=O)c1cc(-c2nnc(-c3cccc(S(C)(=O)=O)c3)s2)n(-c2ccccc2Cl)n1. The molecule has 2 heterocycles. The summed E-state index contributed by atoms with van der Waals surface area (Å²) in [6, 6.07) is 15.1. The number of rotatable bonds is 5. The Bertz CT molecular complexity index is 1400. The second kappa shape index (κ2) is 8.22. The maximum Gasteiger partial charge on any atom is 0.358 e. The van der Waals surface area contributed by atoms with E-state index in [1.54, 1.807) is 48.5 Å². The molecule has 2 aromatic carbocycles. The van der Waals surface area contributed by atoms with E-state index in [0.29, 0.717) is 32.0 Å². The molecule has 0 saturated heterocycles. The second-order valence-electron chi connectivity index (χ2n) is 6.48. The summed E-state index contributed by atoms with van der Waals surface area (Å²) >= 11 is 7.57. The number of hydrogen-bond donors (Lipinski definition) is 0. The van der Waals surface area contributed by atoms with Crippen molar-refractivity contribution in [1.82, 2.24) is 20.0 Å². The summed E-state index contributed by atoms with van der Waals surface area (Å²) in [6.45, 7) is 0. The molecule has 0 unspecified atom stereocenters. The van der Waals surface area contributed by atoms with Crippen LogP contribution in [0.3, 0.4) is 0 Å². The average Bonchev–Trinajstić information content (AvgIpc) is 3.40. The van der Waals surface area contributed by atoms with Crippen LogP contribution in [0.4, 0.5) is 0 Å². The molecule has 11 heteroatoms. The maximum atomic E-state index is 12.1. The number of nitrogens with zero attached hydrogens (tertiary/aromatic N) is 4. The van der Waals surface area contributed by atoms with Crippen LogP contribution >= 0.6 is 22.9 Å². The van der Waals surface area contributed by atoms with Crippen molar-refractivity contribution in [3.8, 4) is 27.0 Å². The van der Waals surface area contributed by atoms with Crippen LogP contribution in [0.5, 0.6) is 0 Å². The molecule has 4 rings (SSSR count). The first kappa shape index (κ1) is 21.2. The number of hydrogen-bond acceptors (Lipinski definition) is 8. The lowest BCUT2D eigenvalue weighted by molar-refractivity contribution is 0.0593. The number of ether oxygens (including phenoxy) is 1. The van der Waals surface area contributed by atoms with Gasteiger partial charge < -0.3 is 4.74 Å². The number of aromatic nitrogens is 4. The Hall–Kier alpha value is -3.08. The van der Waals surface area contributed by atoms with Gasteiger partial charge in [-0.05, 0) is 24.3 Å². The molecule has 0 atom stereocenters. The standard InChI is InChI=1S/C20H15ClN4O4S2/c1-29-20(26)15-11-17(25(24-15)16-9-4-3-8-14(16)21)19-23-22-18(30-19)12-6-5-7-13(10-12)31(2,27)28/h3-11H,1-2H3. The third-order valence-electron chi connectivity index (χ3n) is 4.34. The molecule has 158 valence electrons. The molecule has 8 nitrogen and oxygen atoms in total. The van der Waals surface area contributed by atoms with Gasteiger partial charge in [0.15, 0.2) is 20.5 Å². The lowest BCUT2D eigenvalue weighted by atomic mass is 10.2. The van der Waals surface area contributed by atoms with Crippen molar-refractivity contribution in [3.05, 3.63) is 65.3 Å². The zero-order valence-electron chi connectivity index (χ0n) is 16.3. The normalized spacial score (nSPS) is 11.5. The highest BCUT2D eigenvalue weighted by molar-refractivity contribution is 7.90. The average molecular weight is 475 g/mol. The number of carbonyl (C=O) groups excluding carboxylic acids is 1. The zero-order valence-corrected chi connectivity index (χ0v) is 18.7.